The lowest BCUT2D eigenvalue weighted by molar-refractivity contribution is -0.144. The number of hydrogen-bond donors (Lipinski definition) is 1. The van der Waals surface area contributed by atoms with Crippen LogP contribution in [-0.2, 0) is 9.59 Å². The van der Waals surface area contributed by atoms with Crippen LogP contribution in [0.2, 0.25) is 0 Å². The number of aliphatic carboxylic acids is 1. The minimum atomic E-state index is -1.08. The Bertz CT molecular complexity index is 1300. The van der Waals surface area contributed by atoms with Crippen molar-refractivity contribution >= 4 is 51.5 Å². The molecule has 1 aliphatic heterocycles. The quantitative estimate of drug-likeness (QED) is 0.543. The van der Waals surface area contributed by atoms with Crippen LogP contribution in [0.5, 0.6) is 11.5 Å². The molecule has 9 heteroatoms. The van der Waals surface area contributed by atoms with Crippen LogP contribution in [0.4, 0.5) is 5.69 Å². The third kappa shape index (κ3) is 4.83. The van der Waals surface area contributed by atoms with Gasteiger partial charge in [0.2, 0.25) is 0 Å². The van der Waals surface area contributed by atoms with Crippen molar-refractivity contribution in [1.29, 1.82) is 0 Å². The number of carboxylic acids is 1. The molecule has 2 aromatic carbocycles. The van der Waals surface area contributed by atoms with Gasteiger partial charge in [-0.25, -0.2) is 9.79 Å². The molecule has 0 unspecified atom stereocenters. The number of methoxy groups -OCH3 is 1. The largest absolute Gasteiger partial charge is 0.493 e. The molecule has 1 fully saturated rings. The number of rotatable bonds is 6. The Labute approximate surface area is 194 Å². The van der Waals surface area contributed by atoms with E-state index in [0.29, 0.717) is 27.1 Å². The van der Waals surface area contributed by atoms with Gasteiger partial charge in [-0.3, -0.25) is 14.7 Å². The number of likely N-dealkylation sites (N-methyl/N-ethyl adjacent to an activating group) is 1. The zero-order valence-corrected chi connectivity index (χ0v) is 19.0. The molecule has 1 saturated heterocycles. The molecule has 1 aliphatic rings. The summed E-state index contributed by atoms with van der Waals surface area (Å²) < 4.78 is 10.8. The number of carboxylic acid groups (broad SMARTS) is 1. The zero-order valence-electron chi connectivity index (χ0n) is 18.2. The highest BCUT2D eigenvalue weighted by Gasteiger charge is 2.30. The van der Waals surface area contributed by atoms with Gasteiger partial charge < -0.3 is 14.6 Å². The van der Waals surface area contributed by atoms with Gasteiger partial charge in [-0.1, -0.05) is 12.1 Å². The molecule has 0 radical (unpaired) electrons. The van der Waals surface area contributed by atoms with Gasteiger partial charge >= 0.3 is 5.97 Å². The van der Waals surface area contributed by atoms with E-state index < -0.39 is 12.1 Å². The zero-order chi connectivity index (χ0) is 23.5. The Morgan fingerprint density at radius 3 is 2.79 bits per heavy atom. The van der Waals surface area contributed by atoms with Crippen LogP contribution >= 0.6 is 11.8 Å². The number of fused-ring (bicyclic) bond motifs is 1. The second-order valence-electron chi connectivity index (χ2n) is 7.26. The van der Waals surface area contributed by atoms with E-state index in [2.05, 4.69) is 9.98 Å². The molecule has 1 N–H and O–H groups in total. The van der Waals surface area contributed by atoms with Gasteiger partial charge in [-0.05, 0) is 66.7 Å². The van der Waals surface area contributed by atoms with Crippen molar-refractivity contribution in [2.45, 2.75) is 13.0 Å². The van der Waals surface area contributed by atoms with Gasteiger partial charge in [0.1, 0.15) is 0 Å². The highest BCUT2D eigenvalue weighted by Crippen LogP contribution is 2.35. The predicted molar refractivity (Wildman–Crippen MR) is 128 cm³/mol. The van der Waals surface area contributed by atoms with E-state index in [1.165, 1.54) is 30.7 Å². The molecule has 8 nitrogen and oxygen atoms in total. The minimum absolute atomic E-state index is 0.167. The highest BCUT2D eigenvalue weighted by molar-refractivity contribution is 8.18. The molecular formula is C24H21N3O5S. The minimum Gasteiger partial charge on any atom is -0.493 e. The molecule has 2 heterocycles. The van der Waals surface area contributed by atoms with Crippen LogP contribution in [-0.4, -0.2) is 52.3 Å². The van der Waals surface area contributed by atoms with Crippen LogP contribution < -0.4 is 9.47 Å². The topological polar surface area (TPSA) is 101 Å². The Kier molecular flexibility index (Phi) is 6.32. The lowest BCUT2D eigenvalue weighted by Crippen LogP contribution is -2.23. The number of carbonyl (C=O) groups is 2. The summed E-state index contributed by atoms with van der Waals surface area (Å²) in [5.41, 5.74) is 2.32. The number of aromatic nitrogens is 1. The van der Waals surface area contributed by atoms with E-state index in [-0.39, 0.29) is 5.91 Å². The normalized spacial score (nSPS) is 17.1. The number of amides is 1. The van der Waals surface area contributed by atoms with Crippen LogP contribution in [0.1, 0.15) is 12.5 Å². The van der Waals surface area contributed by atoms with E-state index in [1.807, 2.05) is 30.3 Å². The second-order valence-corrected chi connectivity index (χ2v) is 8.27. The summed E-state index contributed by atoms with van der Waals surface area (Å²) in [7, 11) is 3.15. The highest BCUT2D eigenvalue weighted by atomic mass is 32.2. The van der Waals surface area contributed by atoms with E-state index in [1.54, 1.807) is 37.5 Å². The van der Waals surface area contributed by atoms with E-state index in [4.69, 9.17) is 14.6 Å². The average molecular weight is 464 g/mol. The Morgan fingerprint density at radius 1 is 1.21 bits per heavy atom. The first-order chi connectivity index (χ1) is 15.9. The molecule has 0 saturated carbocycles. The van der Waals surface area contributed by atoms with Gasteiger partial charge in [-0.2, -0.15) is 0 Å². The molecule has 1 amide bonds. The molecule has 0 aliphatic carbocycles. The number of pyridine rings is 1. The monoisotopic (exact) mass is 463 g/mol. The summed E-state index contributed by atoms with van der Waals surface area (Å²) in [4.78, 5) is 34.8. The summed E-state index contributed by atoms with van der Waals surface area (Å²) >= 11 is 1.28. The van der Waals surface area contributed by atoms with E-state index in [9.17, 15) is 9.59 Å². The summed E-state index contributed by atoms with van der Waals surface area (Å²) in [5.74, 6) is -0.557. The van der Waals surface area contributed by atoms with E-state index >= 15 is 0 Å². The van der Waals surface area contributed by atoms with Crippen LogP contribution in [0.3, 0.4) is 0 Å². The maximum Gasteiger partial charge on any atom is 0.344 e. The molecule has 0 spiro atoms. The van der Waals surface area contributed by atoms with Gasteiger partial charge in [0.05, 0.1) is 23.2 Å². The number of hydrogen-bond acceptors (Lipinski definition) is 7. The van der Waals surface area contributed by atoms with Gasteiger partial charge in [0.15, 0.2) is 22.8 Å². The smallest absolute Gasteiger partial charge is 0.344 e. The summed E-state index contributed by atoms with van der Waals surface area (Å²) in [6.45, 7) is 1.44. The lowest BCUT2D eigenvalue weighted by atomic mass is 10.2. The van der Waals surface area contributed by atoms with Crippen LogP contribution in [0, 0.1) is 0 Å². The maximum atomic E-state index is 12.8. The molecular weight excluding hydrogens is 442 g/mol. The van der Waals surface area contributed by atoms with Crippen molar-refractivity contribution in [1.82, 2.24) is 9.88 Å². The van der Waals surface area contributed by atoms with Crippen molar-refractivity contribution in [2.24, 2.45) is 4.99 Å². The van der Waals surface area contributed by atoms with Crippen molar-refractivity contribution in [3.8, 4) is 11.5 Å². The number of amidine groups is 1. The lowest BCUT2D eigenvalue weighted by Gasteiger charge is -2.14. The average Bonchev–Trinajstić information content (AvgIpc) is 3.07. The second kappa shape index (κ2) is 9.33. The Hall–Kier alpha value is -3.85. The SMILES string of the molecule is COc1cc(/C=C2\SC(=Nc3ccc4ncccc4c3)N(C)C2=O)ccc1O[C@H](C)C(=O)O. The molecule has 168 valence electrons. The standard InChI is InChI=1S/C24H21N3O5S/c1-14(23(29)30)32-19-9-6-15(11-20(19)31-3)12-21-22(28)27(2)24(33-21)26-17-7-8-18-16(13-17)5-4-10-25-18/h4-14H,1-3H3,(H,29,30)/b21-12-,26-24?/t14-/m1/s1. The first kappa shape index (κ1) is 22.3. The molecule has 1 atom stereocenters. The number of thioether (sulfide) groups is 1. The number of ether oxygens (including phenoxy) is 2. The van der Waals surface area contributed by atoms with Crippen LogP contribution in [0.25, 0.3) is 17.0 Å². The maximum absolute atomic E-state index is 12.8. The summed E-state index contributed by atoms with van der Waals surface area (Å²) in [6.07, 6.45) is 2.46. The van der Waals surface area contributed by atoms with Crippen molar-refractivity contribution in [3.63, 3.8) is 0 Å². The summed E-state index contributed by atoms with van der Waals surface area (Å²) in [6, 6.07) is 14.6. The fourth-order valence-electron chi connectivity index (χ4n) is 3.16. The number of nitrogens with zero attached hydrogens (tertiary/aromatic N) is 3. The molecule has 3 aromatic rings. The molecule has 33 heavy (non-hydrogen) atoms. The third-order valence-electron chi connectivity index (χ3n) is 4.95. The number of benzene rings is 2. The van der Waals surface area contributed by atoms with Crippen molar-refractivity contribution in [3.05, 3.63) is 65.2 Å². The third-order valence-corrected chi connectivity index (χ3v) is 6.01. The van der Waals surface area contributed by atoms with Crippen molar-refractivity contribution in [2.75, 3.05) is 14.2 Å². The molecule has 4 rings (SSSR count). The van der Waals surface area contributed by atoms with Gasteiger partial charge in [0, 0.05) is 18.6 Å². The van der Waals surface area contributed by atoms with Gasteiger partial charge in [-0.15, -0.1) is 0 Å². The number of aliphatic imine (C=N–C) groups is 1. The van der Waals surface area contributed by atoms with Crippen LogP contribution in [0.15, 0.2) is 64.6 Å². The van der Waals surface area contributed by atoms with E-state index in [0.717, 1.165) is 16.6 Å². The van der Waals surface area contributed by atoms with Gasteiger partial charge in [0.25, 0.3) is 5.91 Å². The first-order valence-electron chi connectivity index (χ1n) is 10.0. The van der Waals surface area contributed by atoms with Crippen molar-refractivity contribution < 1.29 is 24.2 Å². The fraction of sp³-hybridized carbons (Fsp3) is 0.167. The first-order valence-corrected chi connectivity index (χ1v) is 10.9. The molecule has 1 aromatic heterocycles. The summed E-state index contributed by atoms with van der Waals surface area (Å²) in [5, 5.41) is 10.6. The molecule has 0 bridgehead atoms. The Morgan fingerprint density at radius 2 is 2.03 bits per heavy atom. The predicted octanol–water partition coefficient (Wildman–Crippen LogP) is 4.33. The fourth-order valence-corrected chi connectivity index (χ4v) is 4.15. The Balaban J connectivity index is 1.59. The number of carbonyl (C=O) groups excluding carboxylic acids is 1.